The van der Waals surface area contributed by atoms with Crippen molar-refractivity contribution < 1.29 is 9.53 Å². The van der Waals surface area contributed by atoms with Gasteiger partial charge in [-0.2, -0.15) is 4.98 Å². The second-order valence-electron chi connectivity index (χ2n) is 8.48. The summed E-state index contributed by atoms with van der Waals surface area (Å²) >= 11 is 0. The quantitative estimate of drug-likeness (QED) is 0.845. The highest BCUT2D eigenvalue weighted by Crippen LogP contribution is 2.42. The molecule has 1 unspecified atom stereocenters. The molecule has 1 atom stereocenters. The smallest absolute Gasteiger partial charge is 0.238 e. The summed E-state index contributed by atoms with van der Waals surface area (Å²) in [5.41, 5.74) is 2.59. The van der Waals surface area contributed by atoms with Crippen LogP contribution in [-0.4, -0.2) is 44.2 Å². The molecule has 1 fully saturated rings. The van der Waals surface area contributed by atoms with Crippen molar-refractivity contribution in [3.05, 3.63) is 47.5 Å². The number of nitrogens with one attached hydrogen (secondary N) is 1. The van der Waals surface area contributed by atoms with Crippen LogP contribution in [0.2, 0.25) is 0 Å². The van der Waals surface area contributed by atoms with Gasteiger partial charge in [0.15, 0.2) is 0 Å². The fourth-order valence-corrected chi connectivity index (χ4v) is 4.50. The molecule has 154 valence electrons. The molecule has 0 aliphatic carbocycles. The molecule has 0 radical (unpaired) electrons. The predicted molar refractivity (Wildman–Crippen MR) is 116 cm³/mol. The minimum Gasteiger partial charge on any atom is -0.481 e. The average Bonchev–Trinajstić information content (AvgIpc) is 2.92. The third-order valence-corrected chi connectivity index (χ3v) is 6.21. The molecule has 1 N–H and O–H groups in total. The summed E-state index contributed by atoms with van der Waals surface area (Å²) in [4.78, 5) is 21.5. The number of rotatable bonds is 5. The molecule has 29 heavy (non-hydrogen) atoms. The largest absolute Gasteiger partial charge is 0.481 e. The topological polar surface area (TPSA) is 57.7 Å². The monoisotopic (exact) mass is 394 g/mol. The summed E-state index contributed by atoms with van der Waals surface area (Å²) in [5.74, 6) is 1.35. The first-order valence-corrected chi connectivity index (χ1v) is 10.3. The van der Waals surface area contributed by atoms with E-state index in [0.717, 1.165) is 30.6 Å². The second kappa shape index (κ2) is 7.67. The Balaban J connectivity index is 1.75. The Morgan fingerprint density at radius 1 is 1.31 bits per heavy atom. The minimum absolute atomic E-state index is 0.0654. The third-order valence-electron chi connectivity index (χ3n) is 6.21. The lowest BCUT2D eigenvalue weighted by Gasteiger charge is -2.37. The number of carbonyl (C=O) groups excluding carboxylic acids is 1. The zero-order chi connectivity index (χ0) is 20.6. The average molecular weight is 395 g/mol. The van der Waals surface area contributed by atoms with E-state index in [1.165, 1.54) is 12.1 Å². The van der Waals surface area contributed by atoms with Crippen molar-refractivity contribution in [2.75, 3.05) is 37.0 Å². The van der Waals surface area contributed by atoms with Gasteiger partial charge in [0, 0.05) is 43.0 Å². The van der Waals surface area contributed by atoms with E-state index < -0.39 is 5.41 Å². The maximum absolute atomic E-state index is 12.7. The van der Waals surface area contributed by atoms with E-state index in [2.05, 4.69) is 40.5 Å². The number of carbonyl (C=O) groups is 1. The van der Waals surface area contributed by atoms with Crippen LogP contribution in [0.4, 0.5) is 11.5 Å². The first kappa shape index (κ1) is 19.7. The van der Waals surface area contributed by atoms with Crippen LogP contribution in [0.25, 0.3) is 0 Å². The van der Waals surface area contributed by atoms with Gasteiger partial charge in [-0.05, 0) is 51.4 Å². The molecule has 2 aliphatic rings. The molecular formula is C23H30N4O2. The Morgan fingerprint density at radius 3 is 2.72 bits per heavy atom. The summed E-state index contributed by atoms with van der Waals surface area (Å²) in [6.07, 6.45) is 2.31. The summed E-state index contributed by atoms with van der Waals surface area (Å²) in [7, 11) is 3.43. The van der Waals surface area contributed by atoms with Crippen LogP contribution in [0.3, 0.4) is 0 Å². The number of methoxy groups -OCH3 is 1. The second-order valence-corrected chi connectivity index (χ2v) is 8.48. The third kappa shape index (κ3) is 3.46. The summed E-state index contributed by atoms with van der Waals surface area (Å²) in [6.45, 7) is 6.66. The zero-order valence-corrected chi connectivity index (χ0v) is 17.7. The molecule has 0 spiro atoms. The lowest BCUT2D eigenvalue weighted by molar-refractivity contribution is -0.121. The van der Waals surface area contributed by atoms with Crippen molar-refractivity contribution in [1.82, 2.24) is 10.3 Å². The predicted octanol–water partition coefficient (Wildman–Crippen LogP) is 3.10. The Labute approximate surface area is 172 Å². The number of piperidine rings is 1. The molecule has 3 heterocycles. The van der Waals surface area contributed by atoms with Gasteiger partial charge in [-0.3, -0.25) is 9.69 Å². The minimum atomic E-state index is -0.581. The number of benzene rings is 1. The number of hydrogen-bond acceptors (Lipinski definition) is 5. The molecule has 2 aromatic rings. The molecule has 1 amide bonds. The lowest BCUT2D eigenvalue weighted by Crippen LogP contribution is -2.46. The highest BCUT2D eigenvalue weighted by atomic mass is 16.5. The van der Waals surface area contributed by atoms with Crippen molar-refractivity contribution >= 4 is 17.4 Å². The molecule has 1 saturated heterocycles. The Hall–Kier alpha value is -2.60. The first-order valence-electron chi connectivity index (χ1n) is 10.3. The maximum Gasteiger partial charge on any atom is 0.238 e. The van der Waals surface area contributed by atoms with E-state index in [4.69, 9.17) is 9.72 Å². The number of fused-ring (bicyclic) bond motifs is 1. The van der Waals surface area contributed by atoms with Crippen LogP contribution in [-0.2, 0) is 16.8 Å². The Bertz CT molecular complexity index is 891. The Kier molecular flexibility index (Phi) is 5.21. The van der Waals surface area contributed by atoms with Crippen molar-refractivity contribution in [2.45, 2.75) is 44.7 Å². The van der Waals surface area contributed by atoms with Gasteiger partial charge in [-0.15, -0.1) is 0 Å². The van der Waals surface area contributed by atoms with Gasteiger partial charge < -0.3 is 15.0 Å². The summed E-state index contributed by atoms with van der Waals surface area (Å²) in [6, 6.07) is 13.0. The first-order chi connectivity index (χ1) is 13.9. The number of amides is 1. The number of anilines is 2. The number of pyridine rings is 1. The number of aromatic nitrogens is 1. The summed E-state index contributed by atoms with van der Waals surface area (Å²) in [5, 5.41) is 3.53. The Morgan fingerprint density at radius 2 is 2.07 bits per heavy atom. The van der Waals surface area contributed by atoms with E-state index in [1.54, 1.807) is 19.1 Å². The van der Waals surface area contributed by atoms with E-state index in [-0.39, 0.29) is 5.91 Å². The fourth-order valence-electron chi connectivity index (χ4n) is 4.50. The van der Waals surface area contributed by atoms with Crippen LogP contribution in [0.1, 0.15) is 37.8 Å². The normalized spacial score (nSPS) is 20.5. The molecule has 2 aliphatic heterocycles. The highest BCUT2D eigenvalue weighted by Gasteiger charge is 2.44. The number of hydrogen-bond donors (Lipinski definition) is 1. The molecular weight excluding hydrogens is 364 g/mol. The molecule has 6 heteroatoms. The SMILES string of the molecule is COc1nc2c(cc1CN(c1ccccc1)C1CCCNC1)C(C)(C)C(=O)N2C. The van der Waals surface area contributed by atoms with Gasteiger partial charge in [-0.25, -0.2) is 0 Å². The van der Waals surface area contributed by atoms with Crippen molar-refractivity contribution in [3.8, 4) is 5.88 Å². The lowest BCUT2D eigenvalue weighted by atomic mass is 9.86. The molecule has 1 aromatic carbocycles. The van der Waals surface area contributed by atoms with Crippen molar-refractivity contribution in [2.24, 2.45) is 0 Å². The van der Waals surface area contributed by atoms with E-state index in [0.29, 0.717) is 24.3 Å². The number of likely N-dealkylation sites (N-methyl/N-ethyl adjacent to an activating group) is 1. The summed E-state index contributed by atoms with van der Waals surface area (Å²) < 4.78 is 5.66. The van der Waals surface area contributed by atoms with Crippen LogP contribution < -0.4 is 19.9 Å². The van der Waals surface area contributed by atoms with Gasteiger partial charge >= 0.3 is 0 Å². The van der Waals surface area contributed by atoms with Crippen molar-refractivity contribution in [1.29, 1.82) is 0 Å². The number of ether oxygens (including phenoxy) is 1. The van der Waals surface area contributed by atoms with Gasteiger partial charge in [-0.1, -0.05) is 18.2 Å². The highest BCUT2D eigenvalue weighted by molar-refractivity contribution is 6.06. The van der Waals surface area contributed by atoms with Gasteiger partial charge in [0.2, 0.25) is 11.8 Å². The van der Waals surface area contributed by atoms with E-state index in [9.17, 15) is 4.79 Å². The zero-order valence-electron chi connectivity index (χ0n) is 17.7. The fraction of sp³-hybridized carbons (Fsp3) is 0.478. The molecule has 0 bridgehead atoms. The van der Waals surface area contributed by atoms with Gasteiger partial charge in [0.05, 0.1) is 12.5 Å². The van der Waals surface area contributed by atoms with Crippen LogP contribution in [0, 0.1) is 0 Å². The number of nitrogens with zero attached hydrogens (tertiary/aromatic N) is 3. The van der Waals surface area contributed by atoms with Crippen LogP contribution >= 0.6 is 0 Å². The molecule has 1 aromatic heterocycles. The van der Waals surface area contributed by atoms with E-state index >= 15 is 0 Å². The van der Waals surface area contributed by atoms with E-state index in [1.807, 2.05) is 19.9 Å². The van der Waals surface area contributed by atoms with Gasteiger partial charge in [0.25, 0.3) is 0 Å². The van der Waals surface area contributed by atoms with Crippen molar-refractivity contribution in [3.63, 3.8) is 0 Å². The maximum atomic E-state index is 12.7. The molecule has 6 nitrogen and oxygen atoms in total. The standard InChI is InChI=1S/C23H30N4O2/c1-23(2)19-13-16(21(29-4)25-20(19)26(3)22(23)28)15-27(17-9-6-5-7-10-17)18-11-8-12-24-14-18/h5-7,9-10,13,18,24H,8,11-12,14-15H2,1-4H3. The van der Waals surface area contributed by atoms with Crippen LogP contribution in [0.15, 0.2) is 36.4 Å². The van der Waals surface area contributed by atoms with Gasteiger partial charge in [0.1, 0.15) is 5.82 Å². The molecule has 0 saturated carbocycles. The molecule has 4 rings (SSSR count). The van der Waals surface area contributed by atoms with Crippen LogP contribution in [0.5, 0.6) is 5.88 Å². The number of para-hydroxylation sites is 1.